The topological polar surface area (TPSA) is 138 Å². The molecule has 0 aliphatic rings. The summed E-state index contributed by atoms with van der Waals surface area (Å²) in [4.78, 5) is 19.5. The summed E-state index contributed by atoms with van der Waals surface area (Å²) in [6.07, 6.45) is 0. The summed E-state index contributed by atoms with van der Waals surface area (Å²) in [6.45, 7) is 0. The molecule has 0 bridgehead atoms. The van der Waals surface area contributed by atoms with Crippen LogP contribution in [0.3, 0.4) is 0 Å². The summed E-state index contributed by atoms with van der Waals surface area (Å²) in [5, 5.41) is 20.6. The van der Waals surface area contributed by atoms with E-state index in [0.29, 0.717) is 8.95 Å². The molecule has 0 aromatic heterocycles. The third kappa shape index (κ3) is 4.97. The molecule has 2 rings (SSSR count). The number of nitro groups is 2. The molecule has 4 N–H and O–H groups in total. The predicted octanol–water partition coefficient (Wildman–Crippen LogP) is 3.88. The van der Waals surface area contributed by atoms with Gasteiger partial charge in [0.2, 0.25) is 0 Å². The van der Waals surface area contributed by atoms with Crippen molar-refractivity contribution in [3.8, 4) is 0 Å². The van der Waals surface area contributed by atoms with Crippen molar-refractivity contribution >= 4 is 54.6 Å². The first-order valence-corrected chi connectivity index (χ1v) is 7.19. The maximum atomic E-state index is 10.3. The van der Waals surface area contributed by atoms with Crippen LogP contribution in [-0.4, -0.2) is 9.85 Å². The van der Waals surface area contributed by atoms with Crippen molar-refractivity contribution < 1.29 is 9.85 Å². The Bertz CT molecular complexity index is 663. The maximum absolute atomic E-state index is 10.3. The Morgan fingerprint density at radius 3 is 1.32 bits per heavy atom. The number of hydrogen-bond donors (Lipinski definition) is 2. The van der Waals surface area contributed by atoms with Crippen molar-refractivity contribution in [1.29, 1.82) is 0 Å². The lowest BCUT2D eigenvalue weighted by Crippen LogP contribution is -1.94. The highest BCUT2D eigenvalue weighted by Crippen LogP contribution is 2.25. The molecule has 0 saturated heterocycles. The van der Waals surface area contributed by atoms with E-state index in [-0.39, 0.29) is 22.7 Å². The average molecular weight is 434 g/mol. The van der Waals surface area contributed by atoms with E-state index in [0.717, 1.165) is 0 Å². The fourth-order valence-electron chi connectivity index (χ4n) is 1.35. The van der Waals surface area contributed by atoms with Crippen molar-refractivity contribution in [1.82, 2.24) is 0 Å². The highest BCUT2D eigenvalue weighted by Gasteiger charge is 2.10. The molecular formula is C12H10Br2N4O4. The van der Waals surface area contributed by atoms with Gasteiger partial charge in [-0.3, -0.25) is 20.2 Å². The van der Waals surface area contributed by atoms with Crippen LogP contribution >= 0.6 is 31.9 Å². The van der Waals surface area contributed by atoms with Gasteiger partial charge in [-0.1, -0.05) is 31.9 Å². The highest BCUT2D eigenvalue weighted by molar-refractivity contribution is 9.10. The van der Waals surface area contributed by atoms with Crippen molar-refractivity contribution in [2.75, 3.05) is 11.5 Å². The van der Waals surface area contributed by atoms with Gasteiger partial charge in [0, 0.05) is 21.1 Å². The van der Waals surface area contributed by atoms with Gasteiger partial charge in [-0.15, -0.1) is 0 Å². The zero-order valence-electron chi connectivity index (χ0n) is 10.9. The van der Waals surface area contributed by atoms with E-state index in [1.807, 2.05) is 0 Å². The van der Waals surface area contributed by atoms with E-state index in [4.69, 9.17) is 11.5 Å². The second kappa shape index (κ2) is 7.71. The molecule has 0 spiro atoms. The minimum atomic E-state index is -0.514. The van der Waals surface area contributed by atoms with Crippen molar-refractivity contribution in [3.63, 3.8) is 0 Å². The van der Waals surface area contributed by atoms with Gasteiger partial charge in [0.1, 0.15) is 11.4 Å². The molecule has 10 heteroatoms. The molecule has 0 fully saturated rings. The van der Waals surface area contributed by atoms with Gasteiger partial charge in [0.15, 0.2) is 0 Å². The second-order valence-corrected chi connectivity index (χ2v) is 5.75. The summed E-state index contributed by atoms with van der Waals surface area (Å²) < 4.78 is 1.30. The van der Waals surface area contributed by atoms with Gasteiger partial charge >= 0.3 is 0 Å². The van der Waals surface area contributed by atoms with Crippen molar-refractivity contribution in [2.24, 2.45) is 0 Å². The van der Waals surface area contributed by atoms with Crippen LogP contribution in [0.5, 0.6) is 0 Å². The van der Waals surface area contributed by atoms with Crippen molar-refractivity contribution in [3.05, 3.63) is 65.6 Å². The van der Waals surface area contributed by atoms with E-state index in [1.54, 1.807) is 12.1 Å². The number of rotatable bonds is 2. The molecule has 0 radical (unpaired) electrons. The van der Waals surface area contributed by atoms with Crippen LogP contribution in [0.15, 0.2) is 45.3 Å². The number of halogens is 2. The lowest BCUT2D eigenvalue weighted by molar-refractivity contribution is -0.384. The monoisotopic (exact) mass is 432 g/mol. The molecule has 0 heterocycles. The fraction of sp³-hybridized carbons (Fsp3) is 0. The Balaban J connectivity index is 0.000000220. The normalized spacial score (nSPS) is 9.55. The van der Waals surface area contributed by atoms with Crippen LogP contribution in [0.4, 0.5) is 22.7 Å². The van der Waals surface area contributed by atoms with Crippen LogP contribution in [0.2, 0.25) is 0 Å². The minimum absolute atomic E-state index is 0.0700. The smallest absolute Gasteiger partial charge is 0.293 e. The van der Waals surface area contributed by atoms with E-state index in [9.17, 15) is 20.2 Å². The van der Waals surface area contributed by atoms with E-state index < -0.39 is 9.85 Å². The number of anilines is 2. The van der Waals surface area contributed by atoms with Crippen LogP contribution in [0.1, 0.15) is 0 Å². The Kier molecular flexibility index (Phi) is 6.25. The lowest BCUT2D eigenvalue weighted by Gasteiger charge is -1.95. The molecule has 0 saturated carbocycles. The van der Waals surface area contributed by atoms with Crippen LogP contribution in [0, 0.1) is 20.2 Å². The Morgan fingerprint density at radius 1 is 0.773 bits per heavy atom. The van der Waals surface area contributed by atoms with E-state index in [2.05, 4.69) is 31.9 Å². The van der Waals surface area contributed by atoms with Gasteiger partial charge in [-0.05, 0) is 24.3 Å². The number of hydrogen-bond acceptors (Lipinski definition) is 6. The summed E-state index contributed by atoms with van der Waals surface area (Å²) in [6, 6.07) is 9.03. The average Bonchev–Trinajstić information content (AvgIpc) is 2.44. The van der Waals surface area contributed by atoms with Gasteiger partial charge in [0.25, 0.3) is 11.4 Å². The lowest BCUT2D eigenvalue weighted by atomic mass is 10.3. The first-order valence-electron chi connectivity index (χ1n) is 5.61. The second-order valence-electron chi connectivity index (χ2n) is 3.92. The predicted molar refractivity (Wildman–Crippen MR) is 90.4 cm³/mol. The third-order valence-corrected chi connectivity index (χ3v) is 3.36. The standard InChI is InChI=1S/2C6H5BrN2O2/c2*7-4-1-2-5(8)6(3-4)9(10)11/h2*1-3H,8H2. The molecule has 2 aromatic carbocycles. The molecule has 8 nitrogen and oxygen atoms in total. The van der Waals surface area contributed by atoms with Gasteiger partial charge in [-0.2, -0.15) is 0 Å². The molecule has 0 unspecified atom stereocenters. The van der Waals surface area contributed by atoms with E-state index in [1.165, 1.54) is 24.3 Å². The Hall–Kier alpha value is -2.20. The number of nitrogens with two attached hydrogens (primary N) is 2. The Labute approximate surface area is 141 Å². The SMILES string of the molecule is Nc1ccc(Br)cc1[N+](=O)[O-].Nc1ccc(Br)cc1[N+](=O)[O-]. The first kappa shape index (κ1) is 17.9. The van der Waals surface area contributed by atoms with Crippen LogP contribution in [-0.2, 0) is 0 Å². The number of nitrogens with zero attached hydrogens (tertiary/aromatic N) is 2. The molecule has 116 valence electrons. The molecule has 22 heavy (non-hydrogen) atoms. The molecular weight excluding hydrogens is 424 g/mol. The third-order valence-electron chi connectivity index (χ3n) is 2.38. The summed E-state index contributed by atoms with van der Waals surface area (Å²) in [7, 11) is 0. The van der Waals surface area contributed by atoms with Crippen LogP contribution in [0.25, 0.3) is 0 Å². The summed E-state index contributed by atoms with van der Waals surface area (Å²) in [5.74, 6) is 0. The quantitative estimate of drug-likeness (QED) is 0.418. The van der Waals surface area contributed by atoms with Gasteiger partial charge < -0.3 is 11.5 Å². The number of nitrogen functional groups attached to an aromatic ring is 2. The largest absolute Gasteiger partial charge is 0.393 e. The van der Waals surface area contributed by atoms with Crippen molar-refractivity contribution in [2.45, 2.75) is 0 Å². The summed E-state index contributed by atoms with van der Waals surface area (Å²) >= 11 is 6.21. The highest BCUT2D eigenvalue weighted by atomic mass is 79.9. The van der Waals surface area contributed by atoms with Crippen LogP contribution < -0.4 is 11.5 Å². The van der Waals surface area contributed by atoms with E-state index >= 15 is 0 Å². The molecule has 2 aromatic rings. The zero-order valence-corrected chi connectivity index (χ0v) is 14.1. The van der Waals surface area contributed by atoms with Gasteiger partial charge in [0.05, 0.1) is 9.85 Å². The summed E-state index contributed by atoms with van der Waals surface area (Å²) in [5.41, 5.74) is 10.9. The number of benzene rings is 2. The van der Waals surface area contributed by atoms with Gasteiger partial charge in [-0.25, -0.2) is 0 Å². The molecule has 0 aliphatic heterocycles. The first-order chi connectivity index (χ1) is 10.2. The molecule has 0 aliphatic carbocycles. The zero-order chi connectivity index (χ0) is 16.9. The Morgan fingerprint density at radius 2 is 1.09 bits per heavy atom. The number of nitro benzene ring substituents is 2. The minimum Gasteiger partial charge on any atom is -0.393 e. The molecule has 0 atom stereocenters. The fourth-order valence-corrected chi connectivity index (χ4v) is 2.05. The molecule has 0 amide bonds. The maximum Gasteiger partial charge on any atom is 0.293 e.